The van der Waals surface area contributed by atoms with Gasteiger partial charge in [-0.05, 0) is 19.4 Å². The molecule has 1 rings (SSSR count). The fourth-order valence-electron chi connectivity index (χ4n) is 1.87. The van der Waals surface area contributed by atoms with Crippen LogP contribution in [-0.2, 0) is 9.59 Å². The molecule has 1 saturated heterocycles. The zero-order valence-corrected chi connectivity index (χ0v) is 12.9. The average Bonchev–Trinajstić information content (AvgIpc) is 2.75. The third kappa shape index (κ3) is 7.38. The Balaban J connectivity index is 0.00000324. The number of hydrogen-bond acceptors (Lipinski definition) is 3. The van der Waals surface area contributed by atoms with E-state index in [-0.39, 0.29) is 29.6 Å². The van der Waals surface area contributed by atoms with E-state index in [0.29, 0.717) is 25.6 Å². The number of rotatable bonds is 5. The van der Waals surface area contributed by atoms with E-state index in [1.165, 1.54) is 0 Å². The van der Waals surface area contributed by atoms with Gasteiger partial charge < -0.3 is 16.0 Å². The highest BCUT2D eigenvalue weighted by molar-refractivity contribution is 5.85. The predicted octanol–water partition coefficient (Wildman–Crippen LogP) is 0.829. The minimum Gasteiger partial charge on any atom is -0.354 e. The molecule has 0 spiro atoms. The summed E-state index contributed by atoms with van der Waals surface area (Å²) < 4.78 is 0. The fourth-order valence-corrected chi connectivity index (χ4v) is 1.87. The van der Waals surface area contributed by atoms with Gasteiger partial charge in [-0.25, -0.2) is 0 Å². The standard InChI is InChI=1S/C13H25N3O2.ClH/c1-13(2,3)12(18)16-8-7-15-11(17)9-10-5-4-6-14-10;/h10,14H,4-9H2,1-3H3,(H,15,17)(H,16,18);1H. The minimum absolute atomic E-state index is 0. The van der Waals surface area contributed by atoms with E-state index < -0.39 is 0 Å². The molecule has 0 aromatic heterocycles. The summed E-state index contributed by atoms with van der Waals surface area (Å²) >= 11 is 0. The van der Waals surface area contributed by atoms with Gasteiger partial charge in [-0.15, -0.1) is 12.4 Å². The van der Waals surface area contributed by atoms with E-state index in [1.807, 2.05) is 20.8 Å². The summed E-state index contributed by atoms with van der Waals surface area (Å²) in [6.45, 7) is 7.60. The Morgan fingerprint density at radius 3 is 2.37 bits per heavy atom. The monoisotopic (exact) mass is 291 g/mol. The molecule has 6 heteroatoms. The van der Waals surface area contributed by atoms with E-state index in [9.17, 15) is 9.59 Å². The predicted molar refractivity (Wildman–Crippen MR) is 78.4 cm³/mol. The molecule has 1 aliphatic heterocycles. The molecule has 2 amide bonds. The topological polar surface area (TPSA) is 70.2 Å². The first-order chi connectivity index (χ1) is 8.39. The number of hydrogen-bond donors (Lipinski definition) is 3. The smallest absolute Gasteiger partial charge is 0.225 e. The lowest BCUT2D eigenvalue weighted by Gasteiger charge is -2.17. The second kappa shape index (κ2) is 8.38. The van der Waals surface area contributed by atoms with Crippen LogP contribution in [0.15, 0.2) is 0 Å². The van der Waals surface area contributed by atoms with Crippen LogP contribution >= 0.6 is 12.4 Å². The van der Waals surface area contributed by atoms with Crippen LogP contribution in [0.5, 0.6) is 0 Å². The van der Waals surface area contributed by atoms with Gasteiger partial charge in [0.25, 0.3) is 0 Å². The molecule has 0 aliphatic carbocycles. The summed E-state index contributed by atoms with van der Waals surface area (Å²) in [5, 5.41) is 8.91. The lowest BCUT2D eigenvalue weighted by Crippen LogP contribution is -2.40. The normalized spacial score (nSPS) is 18.6. The van der Waals surface area contributed by atoms with E-state index >= 15 is 0 Å². The number of carbonyl (C=O) groups excluding carboxylic acids is 2. The molecular weight excluding hydrogens is 266 g/mol. The molecule has 1 atom stereocenters. The van der Waals surface area contributed by atoms with Crippen molar-refractivity contribution in [3.63, 3.8) is 0 Å². The second-order valence-electron chi connectivity index (χ2n) is 5.85. The van der Waals surface area contributed by atoms with Gasteiger partial charge in [0.15, 0.2) is 0 Å². The van der Waals surface area contributed by atoms with Gasteiger partial charge in [0, 0.05) is 31.0 Å². The highest BCUT2D eigenvalue weighted by Crippen LogP contribution is 2.11. The molecule has 19 heavy (non-hydrogen) atoms. The van der Waals surface area contributed by atoms with Gasteiger partial charge in [0.05, 0.1) is 0 Å². The van der Waals surface area contributed by atoms with Crippen LogP contribution in [-0.4, -0.2) is 37.5 Å². The summed E-state index contributed by atoms with van der Waals surface area (Å²) in [7, 11) is 0. The van der Waals surface area contributed by atoms with Gasteiger partial charge in [-0.1, -0.05) is 20.8 Å². The van der Waals surface area contributed by atoms with Crippen LogP contribution in [0.25, 0.3) is 0 Å². The SMILES string of the molecule is CC(C)(C)C(=O)NCCNC(=O)CC1CCCN1.Cl. The second-order valence-corrected chi connectivity index (χ2v) is 5.85. The molecule has 0 bridgehead atoms. The van der Waals surface area contributed by atoms with E-state index in [1.54, 1.807) is 0 Å². The highest BCUT2D eigenvalue weighted by atomic mass is 35.5. The third-order valence-electron chi connectivity index (χ3n) is 3.01. The van der Waals surface area contributed by atoms with E-state index in [0.717, 1.165) is 19.4 Å². The molecule has 0 aromatic rings. The van der Waals surface area contributed by atoms with Gasteiger partial charge in [-0.2, -0.15) is 0 Å². The van der Waals surface area contributed by atoms with Crippen LogP contribution in [0.1, 0.15) is 40.0 Å². The Morgan fingerprint density at radius 1 is 1.21 bits per heavy atom. The van der Waals surface area contributed by atoms with Crippen LogP contribution in [0, 0.1) is 5.41 Å². The maximum atomic E-state index is 11.6. The van der Waals surface area contributed by atoms with Crippen molar-refractivity contribution in [2.75, 3.05) is 19.6 Å². The Hall–Kier alpha value is -0.810. The molecule has 3 N–H and O–H groups in total. The zero-order valence-electron chi connectivity index (χ0n) is 12.0. The molecule has 0 aromatic carbocycles. The Kier molecular flexibility index (Phi) is 8.02. The number of nitrogens with one attached hydrogen (secondary N) is 3. The van der Waals surface area contributed by atoms with Crippen molar-refractivity contribution in [2.45, 2.75) is 46.1 Å². The van der Waals surface area contributed by atoms with Crippen molar-refractivity contribution in [1.82, 2.24) is 16.0 Å². The Bertz CT molecular complexity index is 297. The van der Waals surface area contributed by atoms with Gasteiger partial charge >= 0.3 is 0 Å². The van der Waals surface area contributed by atoms with Crippen molar-refractivity contribution < 1.29 is 9.59 Å². The molecule has 1 unspecified atom stereocenters. The molecule has 1 aliphatic rings. The lowest BCUT2D eigenvalue weighted by atomic mass is 9.96. The largest absolute Gasteiger partial charge is 0.354 e. The van der Waals surface area contributed by atoms with Crippen LogP contribution < -0.4 is 16.0 Å². The molecule has 5 nitrogen and oxygen atoms in total. The summed E-state index contributed by atoms with van der Waals surface area (Å²) in [6, 6.07) is 0.328. The number of halogens is 1. The maximum absolute atomic E-state index is 11.6. The van der Waals surface area contributed by atoms with Crippen LogP contribution in [0.2, 0.25) is 0 Å². The molecule has 0 radical (unpaired) electrons. The Morgan fingerprint density at radius 2 is 1.84 bits per heavy atom. The maximum Gasteiger partial charge on any atom is 0.225 e. The van der Waals surface area contributed by atoms with Crippen LogP contribution in [0.3, 0.4) is 0 Å². The quantitative estimate of drug-likeness (QED) is 0.657. The van der Waals surface area contributed by atoms with Gasteiger partial charge in [0.1, 0.15) is 0 Å². The van der Waals surface area contributed by atoms with Crippen molar-refractivity contribution in [2.24, 2.45) is 5.41 Å². The van der Waals surface area contributed by atoms with Crippen molar-refractivity contribution in [1.29, 1.82) is 0 Å². The number of carbonyl (C=O) groups is 2. The fraction of sp³-hybridized carbons (Fsp3) is 0.846. The minimum atomic E-state index is -0.377. The molecular formula is C13H26ClN3O2. The van der Waals surface area contributed by atoms with Crippen molar-refractivity contribution >= 4 is 24.2 Å². The average molecular weight is 292 g/mol. The summed E-state index contributed by atoms with van der Waals surface area (Å²) in [6.07, 6.45) is 2.76. The molecule has 0 saturated carbocycles. The van der Waals surface area contributed by atoms with E-state index in [4.69, 9.17) is 0 Å². The van der Waals surface area contributed by atoms with Crippen molar-refractivity contribution in [3.05, 3.63) is 0 Å². The van der Waals surface area contributed by atoms with Crippen molar-refractivity contribution in [3.8, 4) is 0 Å². The molecule has 1 heterocycles. The third-order valence-corrected chi connectivity index (χ3v) is 3.01. The highest BCUT2D eigenvalue weighted by Gasteiger charge is 2.20. The first-order valence-corrected chi connectivity index (χ1v) is 6.68. The van der Waals surface area contributed by atoms with Gasteiger partial charge in [0.2, 0.25) is 11.8 Å². The zero-order chi connectivity index (χ0) is 13.6. The van der Waals surface area contributed by atoms with Gasteiger partial charge in [-0.3, -0.25) is 9.59 Å². The summed E-state index contributed by atoms with van der Waals surface area (Å²) in [5.41, 5.74) is -0.377. The first kappa shape index (κ1) is 18.2. The van der Waals surface area contributed by atoms with E-state index in [2.05, 4.69) is 16.0 Å². The number of amides is 2. The Labute approximate surface area is 121 Å². The first-order valence-electron chi connectivity index (χ1n) is 6.68. The summed E-state index contributed by atoms with van der Waals surface area (Å²) in [4.78, 5) is 23.1. The van der Waals surface area contributed by atoms with Crippen LogP contribution in [0.4, 0.5) is 0 Å². The summed E-state index contributed by atoms with van der Waals surface area (Å²) in [5.74, 6) is 0.0635. The molecule has 112 valence electrons. The molecule has 1 fully saturated rings. The lowest BCUT2D eigenvalue weighted by molar-refractivity contribution is -0.128.